The number of benzene rings is 2. The Balaban J connectivity index is 1.51. The van der Waals surface area contributed by atoms with Gasteiger partial charge in [-0.25, -0.2) is 4.79 Å². The van der Waals surface area contributed by atoms with E-state index in [1.54, 1.807) is 12.1 Å². The van der Waals surface area contributed by atoms with Crippen molar-refractivity contribution < 1.29 is 19.1 Å². The van der Waals surface area contributed by atoms with Gasteiger partial charge in [-0.15, -0.1) is 0 Å². The van der Waals surface area contributed by atoms with Crippen molar-refractivity contribution >= 4 is 22.6 Å². The van der Waals surface area contributed by atoms with Crippen molar-refractivity contribution in [3.05, 3.63) is 75.2 Å². The van der Waals surface area contributed by atoms with Crippen LogP contribution in [0.3, 0.4) is 0 Å². The van der Waals surface area contributed by atoms with E-state index in [0.717, 1.165) is 30.6 Å². The van der Waals surface area contributed by atoms with Gasteiger partial charge in [0.05, 0.1) is 6.61 Å². The minimum Gasteiger partial charge on any atom is -0.508 e. The lowest BCUT2D eigenvalue weighted by Gasteiger charge is -2.29. The number of anilines is 1. The number of carbonyl (C=O) groups excluding carboxylic acids is 1. The lowest BCUT2D eigenvalue weighted by Crippen LogP contribution is -2.34. The van der Waals surface area contributed by atoms with Gasteiger partial charge in [-0.1, -0.05) is 11.6 Å². The number of carbonyl (C=O) groups is 1. The summed E-state index contributed by atoms with van der Waals surface area (Å²) in [7, 11) is 2.13. The third kappa shape index (κ3) is 5.97. The zero-order chi connectivity index (χ0) is 25.8. The molecule has 0 bridgehead atoms. The highest BCUT2D eigenvalue weighted by molar-refractivity contribution is 6.05. The number of ether oxygens (including phenoxy) is 1. The number of rotatable bonds is 7. The predicted octanol–water partition coefficient (Wildman–Crippen LogP) is 5.29. The molecule has 36 heavy (non-hydrogen) atoms. The summed E-state index contributed by atoms with van der Waals surface area (Å²) in [5.41, 5.74) is 2.73. The molecule has 1 aliphatic rings. The summed E-state index contributed by atoms with van der Waals surface area (Å²) in [5, 5.41) is 13.5. The second-order valence-electron chi connectivity index (χ2n) is 9.92. The molecule has 1 amide bonds. The van der Waals surface area contributed by atoms with Crippen LogP contribution in [0, 0.1) is 12.8 Å². The van der Waals surface area contributed by atoms with Crippen molar-refractivity contribution in [3.8, 4) is 11.5 Å². The van der Waals surface area contributed by atoms with Crippen molar-refractivity contribution in [2.75, 3.05) is 32.1 Å². The van der Waals surface area contributed by atoms with Crippen LogP contribution in [-0.4, -0.2) is 42.7 Å². The van der Waals surface area contributed by atoms with E-state index in [1.165, 1.54) is 18.6 Å². The summed E-state index contributed by atoms with van der Waals surface area (Å²) in [6, 6.07) is 9.98. The first kappa shape index (κ1) is 25.5. The maximum absolute atomic E-state index is 12.9. The van der Waals surface area contributed by atoms with Crippen molar-refractivity contribution in [2.24, 2.45) is 5.92 Å². The molecule has 7 nitrogen and oxygen atoms in total. The summed E-state index contributed by atoms with van der Waals surface area (Å²) in [4.78, 5) is 27.9. The van der Waals surface area contributed by atoms with Crippen LogP contribution in [0.1, 0.15) is 48.2 Å². The monoisotopic (exact) mass is 490 g/mol. The van der Waals surface area contributed by atoms with E-state index in [0.29, 0.717) is 46.8 Å². The van der Waals surface area contributed by atoms with E-state index in [4.69, 9.17) is 9.15 Å². The normalized spacial score (nSPS) is 16.1. The Bertz CT molecular complexity index is 1350. The number of hydrogen-bond donors (Lipinski definition) is 2. The summed E-state index contributed by atoms with van der Waals surface area (Å²) in [5.74, 6) is 0.849. The third-order valence-electron chi connectivity index (χ3n) is 6.62. The SMILES string of the molecule is CC(C)=CCc1cc(C(=O)Nc2cc3ccc(OCC4CCCN(C)C4)c(C)c3oc2=O)ccc1O. The molecule has 3 aromatic rings. The number of likely N-dealkylation sites (tertiary alicyclic amines) is 1. The molecular weight excluding hydrogens is 456 g/mol. The smallest absolute Gasteiger partial charge is 0.360 e. The number of hydrogen-bond acceptors (Lipinski definition) is 6. The van der Waals surface area contributed by atoms with Crippen molar-refractivity contribution in [1.82, 2.24) is 4.90 Å². The van der Waals surface area contributed by atoms with Crippen molar-refractivity contribution in [1.29, 1.82) is 0 Å². The topological polar surface area (TPSA) is 92.0 Å². The number of aromatic hydroxyl groups is 1. The van der Waals surface area contributed by atoms with Gasteiger partial charge >= 0.3 is 5.63 Å². The number of nitrogens with one attached hydrogen (secondary N) is 1. The molecule has 190 valence electrons. The average molecular weight is 491 g/mol. The maximum Gasteiger partial charge on any atom is 0.360 e. The van der Waals surface area contributed by atoms with Gasteiger partial charge in [0.1, 0.15) is 22.8 Å². The predicted molar refractivity (Wildman–Crippen MR) is 142 cm³/mol. The van der Waals surface area contributed by atoms with Crippen LogP contribution in [-0.2, 0) is 6.42 Å². The number of nitrogens with zero attached hydrogens (tertiary/aromatic N) is 1. The lowest BCUT2D eigenvalue weighted by molar-refractivity contribution is 0.102. The van der Waals surface area contributed by atoms with Crippen LogP contribution in [0.2, 0.25) is 0 Å². The molecule has 1 saturated heterocycles. The van der Waals surface area contributed by atoms with Gasteiger partial charge in [0, 0.05) is 29.0 Å². The molecule has 2 N–H and O–H groups in total. The van der Waals surface area contributed by atoms with Crippen LogP contribution in [0.5, 0.6) is 11.5 Å². The number of amides is 1. The highest BCUT2D eigenvalue weighted by Crippen LogP contribution is 2.29. The van der Waals surface area contributed by atoms with Gasteiger partial charge in [0.25, 0.3) is 5.91 Å². The molecule has 0 radical (unpaired) electrons. The lowest BCUT2D eigenvalue weighted by atomic mass is 9.99. The number of aryl methyl sites for hydroxylation is 1. The Kier molecular flexibility index (Phi) is 7.79. The fourth-order valence-electron chi connectivity index (χ4n) is 4.56. The first-order chi connectivity index (χ1) is 17.2. The highest BCUT2D eigenvalue weighted by atomic mass is 16.5. The Morgan fingerprint density at radius 3 is 2.81 bits per heavy atom. The average Bonchev–Trinajstić information content (AvgIpc) is 2.84. The van der Waals surface area contributed by atoms with Crippen LogP contribution >= 0.6 is 0 Å². The van der Waals surface area contributed by atoms with E-state index >= 15 is 0 Å². The first-order valence-corrected chi connectivity index (χ1v) is 12.4. The molecule has 0 saturated carbocycles. The molecule has 7 heteroatoms. The highest BCUT2D eigenvalue weighted by Gasteiger charge is 2.19. The Hall–Kier alpha value is -3.58. The number of piperidine rings is 1. The van der Waals surface area contributed by atoms with Crippen LogP contribution in [0.4, 0.5) is 5.69 Å². The summed E-state index contributed by atoms with van der Waals surface area (Å²) in [6.45, 7) is 8.58. The number of phenolic OH excluding ortho intramolecular Hbond substituents is 1. The molecule has 0 aliphatic carbocycles. The minimum absolute atomic E-state index is 0.0599. The second-order valence-corrected chi connectivity index (χ2v) is 9.92. The van der Waals surface area contributed by atoms with Crippen LogP contribution in [0.25, 0.3) is 11.0 Å². The van der Waals surface area contributed by atoms with Crippen LogP contribution < -0.4 is 15.7 Å². The molecular formula is C29H34N2O5. The zero-order valence-corrected chi connectivity index (χ0v) is 21.4. The number of fused-ring (bicyclic) bond motifs is 1. The molecule has 1 aromatic heterocycles. The molecule has 2 aromatic carbocycles. The van der Waals surface area contributed by atoms with Crippen molar-refractivity contribution in [2.45, 2.75) is 40.0 Å². The molecule has 4 rings (SSSR count). The summed E-state index contributed by atoms with van der Waals surface area (Å²) in [6.07, 6.45) is 4.80. The Morgan fingerprint density at radius 1 is 1.25 bits per heavy atom. The largest absolute Gasteiger partial charge is 0.508 e. The fourth-order valence-corrected chi connectivity index (χ4v) is 4.56. The quantitative estimate of drug-likeness (QED) is 0.345. The maximum atomic E-state index is 12.9. The zero-order valence-electron chi connectivity index (χ0n) is 21.4. The number of phenols is 1. The summed E-state index contributed by atoms with van der Waals surface area (Å²) >= 11 is 0. The van der Waals surface area contributed by atoms with Gasteiger partial charge in [0.15, 0.2) is 0 Å². The molecule has 1 atom stereocenters. The van der Waals surface area contributed by atoms with E-state index in [9.17, 15) is 14.7 Å². The standard InChI is InChI=1S/C29H34N2O5/c1-18(2)7-8-21-14-23(9-11-25(21)32)28(33)30-24-15-22-10-12-26(19(3)27(22)36-29(24)34)35-17-20-6-5-13-31(4)16-20/h7,9-12,14-15,20,32H,5-6,8,13,16-17H2,1-4H3,(H,30,33). The van der Waals surface area contributed by atoms with E-state index in [1.807, 2.05) is 39.0 Å². The number of allylic oxidation sites excluding steroid dienone is 2. The van der Waals surface area contributed by atoms with Gasteiger partial charge < -0.3 is 24.5 Å². The molecule has 1 unspecified atom stereocenters. The second kappa shape index (κ2) is 11.0. The summed E-state index contributed by atoms with van der Waals surface area (Å²) < 4.78 is 11.7. The van der Waals surface area contributed by atoms with Crippen molar-refractivity contribution in [3.63, 3.8) is 0 Å². The van der Waals surface area contributed by atoms with Gasteiger partial charge in [-0.05, 0) is 95.6 Å². The first-order valence-electron chi connectivity index (χ1n) is 12.4. The molecule has 1 aliphatic heterocycles. The minimum atomic E-state index is -0.631. The molecule has 1 fully saturated rings. The van der Waals surface area contributed by atoms with E-state index in [2.05, 4.69) is 17.3 Å². The molecule has 2 heterocycles. The third-order valence-corrected chi connectivity index (χ3v) is 6.62. The van der Waals surface area contributed by atoms with Gasteiger partial charge in [-0.3, -0.25) is 4.79 Å². The van der Waals surface area contributed by atoms with Crippen LogP contribution in [0.15, 0.2) is 57.3 Å². The van der Waals surface area contributed by atoms with Gasteiger partial charge in [0.2, 0.25) is 0 Å². The van der Waals surface area contributed by atoms with Gasteiger partial charge in [-0.2, -0.15) is 0 Å². The Labute approximate surface area is 211 Å². The Morgan fingerprint density at radius 2 is 2.06 bits per heavy atom. The fraction of sp³-hybridized carbons (Fsp3) is 0.379. The molecule has 0 spiro atoms. The van der Waals surface area contributed by atoms with E-state index in [-0.39, 0.29) is 11.4 Å². The van der Waals surface area contributed by atoms with E-state index < -0.39 is 11.5 Å².